The monoisotopic (exact) mass is 334 g/mol. The Kier molecular flexibility index (Phi) is 4.46. The summed E-state index contributed by atoms with van der Waals surface area (Å²) in [5.41, 5.74) is 2.59. The van der Waals surface area contributed by atoms with Gasteiger partial charge in [-0.15, -0.1) is 0 Å². The number of amides is 1. The van der Waals surface area contributed by atoms with Crippen LogP contribution in [0.4, 0.5) is 10.2 Å². The number of carbonyl (C=O) groups excluding carboxylic acids is 1. The summed E-state index contributed by atoms with van der Waals surface area (Å²) in [5, 5.41) is 2.71. The summed E-state index contributed by atoms with van der Waals surface area (Å²) < 4.78 is 37.3. The molecule has 1 aliphatic rings. The lowest BCUT2D eigenvalue weighted by Crippen LogP contribution is -2.20. The number of carbonyl (C=O) groups is 1. The van der Waals surface area contributed by atoms with Gasteiger partial charge in [0, 0.05) is 41.6 Å². The summed E-state index contributed by atoms with van der Waals surface area (Å²) in [6.07, 6.45) is 2.48. The van der Waals surface area contributed by atoms with Gasteiger partial charge in [-0.2, -0.15) is 0 Å². The molecule has 2 N–H and O–H groups in total. The van der Waals surface area contributed by atoms with Crippen molar-refractivity contribution in [1.82, 2.24) is 9.71 Å². The summed E-state index contributed by atoms with van der Waals surface area (Å²) in [7, 11) is 0. The molecule has 1 unspecified atom stereocenters. The number of halogens is 1. The molecule has 0 saturated carbocycles. The Bertz CT molecular complexity index is 798. The van der Waals surface area contributed by atoms with Crippen molar-refractivity contribution in [3.63, 3.8) is 0 Å². The average molecular weight is 334 g/mol. The van der Waals surface area contributed by atoms with Gasteiger partial charge in [-0.3, -0.25) is 9.00 Å². The van der Waals surface area contributed by atoms with E-state index in [0.29, 0.717) is 24.2 Å². The number of hydrogen-bond acceptors (Lipinski definition) is 4. The Hall–Kier alpha value is -2.16. The third kappa shape index (κ3) is 3.44. The number of aromatic nitrogens is 1. The zero-order chi connectivity index (χ0) is 16.4. The van der Waals surface area contributed by atoms with Gasteiger partial charge in [0.15, 0.2) is 0 Å². The van der Waals surface area contributed by atoms with E-state index >= 15 is 0 Å². The first-order valence-corrected chi connectivity index (χ1v) is 8.01. The number of rotatable bonds is 4. The predicted octanol–water partition coefficient (Wildman–Crippen LogP) is 1.66. The van der Waals surface area contributed by atoms with Crippen LogP contribution in [0, 0.1) is 5.82 Å². The van der Waals surface area contributed by atoms with E-state index in [0.717, 1.165) is 11.1 Å². The SMILES string of the molecule is O=C1CCc2c(-c3ccc(CNS(=O)[O-])c(F)c3)ccnc2N1. The second-order valence-electron chi connectivity index (χ2n) is 5.10. The van der Waals surface area contributed by atoms with Crippen LogP contribution in [0.25, 0.3) is 11.1 Å². The van der Waals surface area contributed by atoms with Gasteiger partial charge in [-0.1, -0.05) is 12.1 Å². The van der Waals surface area contributed by atoms with Crippen molar-refractivity contribution in [2.45, 2.75) is 19.4 Å². The van der Waals surface area contributed by atoms with Crippen molar-refractivity contribution in [3.8, 4) is 11.1 Å². The molecule has 1 aliphatic heterocycles. The molecule has 0 radical (unpaired) electrons. The molecular weight excluding hydrogens is 321 g/mol. The first-order chi connectivity index (χ1) is 11.0. The highest BCUT2D eigenvalue weighted by atomic mass is 32.2. The number of hydrogen-bond donors (Lipinski definition) is 2. The molecule has 0 spiro atoms. The van der Waals surface area contributed by atoms with Crippen molar-refractivity contribution < 1.29 is 17.9 Å². The Morgan fingerprint density at radius 1 is 1.35 bits per heavy atom. The van der Waals surface area contributed by atoms with Gasteiger partial charge in [-0.05, 0) is 29.7 Å². The number of anilines is 1. The van der Waals surface area contributed by atoms with Crippen molar-refractivity contribution in [2.75, 3.05) is 5.32 Å². The molecule has 0 aliphatic carbocycles. The van der Waals surface area contributed by atoms with Crippen molar-refractivity contribution >= 4 is 23.0 Å². The van der Waals surface area contributed by atoms with Crippen molar-refractivity contribution in [1.29, 1.82) is 0 Å². The summed E-state index contributed by atoms with van der Waals surface area (Å²) >= 11 is -2.44. The molecule has 120 valence electrons. The van der Waals surface area contributed by atoms with Crippen LogP contribution in [-0.4, -0.2) is 19.7 Å². The number of fused-ring (bicyclic) bond motifs is 1. The summed E-state index contributed by atoms with van der Waals surface area (Å²) in [5.74, 6) is -0.0714. The Labute approximate surface area is 134 Å². The number of pyridine rings is 1. The second kappa shape index (κ2) is 6.53. The van der Waals surface area contributed by atoms with Gasteiger partial charge in [0.25, 0.3) is 0 Å². The minimum Gasteiger partial charge on any atom is -0.760 e. The Morgan fingerprint density at radius 2 is 2.17 bits per heavy atom. The maximum atomic E-state index is 14.2. The minimum atomic E-state index is -2.44. The third-order valence-corrected chi connectivity index (χ3v) is 4.04. The lowest BCUT2D eigenvalue weighted by Gasteiger charge is -2.19. The molecule has 0 fully saturated rings. The lowest BCUT2D eigenvalue weighted by molar-refractivity contribution is -0.116. The van der Waals surface area contributed by atoms with Crippen molar-refractivity contribution in [2.24, 2.45) is 0 Å². The van der Waals surface area contributed by atoms with E-state index in [1.54, 1.807) is 24.4 Å². The number of nitrogens with zero attached hydrogens (tertiary/aromatic N) is 1. The maximum absolute atomic E-state index is 14.2. The Morgan fingerprint density at radius 3 is 2.91 bits per heavy atom. The number of benzene rings is 1. The van der Waals surface area contributed by atoms with Crippen LogP contribution < -0.4 is 10.0 Å². The molecule has 2 aromatic rings. The molecule has 1 aromatic heterocycles. The van der Waals surface area contributed by atoms with Gasteiger partial charge >= 0.3 is 0 Å². The van der Waals surface area contributed by atoms with Crippen LogP contribution in [0.15, 0.2) is 30.5 Å². The van der Waals surface area contributed by atoms with E-state index in [-0.39, 0.29) is 18.0 Å². The normalized spacial score (nSPS) is 15.0. The third-order valence-electron chi connectivity index (χ3n) is 3.66. The minimum absolute atomic E-state index is 0.0830. The molecular formula is C15H13FN3O3S-. The van der Waals surface area contributed by atoms with Crippen LogP contribution in [-0.2, 0) is 29.0 Å². The van der Waals surface area contributed by atoms with Gasteiger partial charge in [0.1, 0.15) is 11.6 Å². The fourth-order valence-corrected chi connectivity index (χ4v) is 2.82. The molecule has 0 bridgehead atoms. The van der Waals surface area contributed by atoms with Crippen molar-refractivity contribution in [3.05, 3.63) is 47.4 Å². The summed E-state index contributed by atoms with van der Waals surface area (Å²) in [6.45, 7) is -0.104. The quantitative estimate of drug-likeness (QED) is 0.832. The zero-order valence-electron chi connectivity index (χ0n) is 12.0. The Balaban J connectivity index is 1.94. The molecule has 8 heteroatoms. The molecule has 2 heterocycles. The molecule has 1 amide bonds. The fourth-order valence-electron chi connectivity index (χ4n) is 2.55. The summed E-state index contributed by atoms with van der Waals surface area (Å²) in [4.78, 5) is 15.6. The first kappa shape index (κ1) is 15.7. The standard InChI is InChI=1S/C15H14FN3O3S/c16-13-7-9(1-2-10(13)8-18-23(21)22)11-5-6-17-15-12(11)3-4-14(20)19-15/h1-2,5-7,18H,3-4,8H2,(H,21,22)(H,17,19,20)/p-1. The van der Waals surface area contributed by atoms with E-state index in [1.165, 1.54) is 6.07 Å². The van der Waals surface area contributed by atoms with E-state index in [2.05, 4.69) is 15.0 Å². The molecule has 3 rings (SSSR count). The van der Waals surface area contributed by atoms with Crippen LogP contribution >= 0.6 is 0 Å². The topological polar surface area (TPSA) is 94.2 Å². The second-order valence-corrected chi connectivity index (χ2v) is 5.85. The molecule has 1 aromatic carbocycles. The highest BCUT2D eigenvalue weighted by Crippen LogP contribution is 2.32. The van der Waals surface area contributed by atoms with Gasteiger partial charge < -0.3 is 9.87 Å². The van der Waals surface area contributed by atoms with Crippen LogP contribution in [0.3, 0.4) is 0 Å². The molecule has 0 saturated heterocycles. The zero-order valence-corrected chi connectivity index (χ0v) is 12.8. The molecule has 6 nitrogen and oxygen atoms in total. The van der Waals surface area contributed by atoms with Crippen LogP contribution in [0.5, 0.6) is 0 Å². The first-order valence-electron chi connectivity index (χ1n) is 6.94. The smallest absolute Gasteiger partial charge is 0.225 e. The largest absolute Gasteiger partial charge is 0.760 e. The van der Waals surface area contributed by atoms with Crippen LogP contribution in [0.1, 0.15) is 17.5 Å². The fraction of sp³-hybridized carbons (Fsp3) is 0.200. The van der Waals surface area contributed by atoms with Gasteiger partial charge in [-0.25, -0.2) is 14.1 Å². The molecule has 23 heavy (non-hydrogen) atoms. The highest BCUT2D eigenvalue weighted by molar-refractivity contribution is 7.77. The maximum Gasteiger partial charge on any atom is 0.225 e. The highest BCUT2D eigenvalue weighted by Gasteiger charge is 2.19. The lowest BCUT2D eigenvalue weighted by atomic mass is 9.95. The number of nitrogens with one attached hydrogen (secondary N) is 2. The van der Waals surface area contributed by atoms with E-state index in [1.807, 2.05) is 0 Å². The van der Waals surface area contributed by atoms with E-state index < -0.39 is 17.1 Å². The summed E-state index contributed by atoms with van der Waals surface area (Å²) in [6, 6.07) is 6.39. The predicted molar refractivity (Wildman–Crippen MR) is 82.3 cm³/mol. The molecule has 1 atom stereocenters. The van der Waals surface area contributed by atoms with E-state index in [9.17, 15) is 17.9 Å². The van der Waals surface area contributed by atoms with Crippen LogP contribution in [0.2, 0.25) is 0 Å². The van der Waals surface area contributed by atoms with Gasteiger partial charge in [0.05, 0.1) is 0 Å². The van der Waals surface area contributed by atoms with E-state index in [4.69, 9.17) is 0 Å². The average Bonchev–Trinajstić information content (AvgIpc) is 2.52. The van der Waals surface area contributed by atoms with Gasteiger partial charge in [0.2, 0.25) is 5.91 Å².